The molecule has 0 saturated heterocycles. The maximum atomic E-state index is 14.6. The minimum absolute atomic E-state index is 0.0341. The third kappa shape index (κ3) is 3.52. The minimum Gasteiger partial charge on any atom is -0.370 e. The summed E-state index contributed by atoms with van der Waals surface area (Å²) in [6.45, 7) is 0. The van der Waals surface area contributed by atoms with Gasteiger partial charge in [0.1, 0.15) is 4.90 Å². The summed E-state index contributed by atoms with van der Waals surface area (Å²) in [6.07, 6.45) is 0. The molecule has 1 amide bonds. The molecule has 6 N–H and O–H groups in total. The van der Waals surface area contributed by atoms with Gasteiger partial charge in [-0.3, -0.25) is 4.79 Å². The standard InChI is InChI=1S/C14H13FN4O3S/c15-11-10(13(20)19-14(16)17)7-6-9(12(11)23(18,21)22)8-4-2-1-3-5-8/h1-7H,(H2,18,21,22)(H4,16,17,19,20). The first kappa shape index (κ1) is 16.6. The highest BCUT2D eigenvalue weighted by molar-refractivity contribution is 7.89. The first-order chi connectivity index (χ1) is 10.7. The smallest absolute Gasteiger partial charge is 0.283 e. The fourth-order valence-corrected chi connectivity index (χ4v) is 2.87. The Kier molecular flexibility index (Phi) is 4.43. The molecular weight excluding hydrogens is 323 g/mol. The van der Waals surface area contributed by atoms with E-state index in [0.29, 0.717) is 5.56 Å². The van der Waals surface area contributed by atoms with E-state index in [1.54, 1.807) is 30.3 Å². The van der Waals surface area contributed by atoms with Crippen molar-refractivity contribution in [3.8, 4) is 11.1 Å². The van der Waals surface area contributed by atoms with Gasteiger partial charge in [0.2, 0.25) is 10.0 Å². The van der Waals surface area contributed by atoms with E-state index in [-0.39, 0.29) is 5.56 Å². The Balaban J connectivity index is 2.76. The molecule has 0 unspecified atom stereocenters. The van der Waals surface area contributed by atoms with Gasteiger partial charge in [-0.2, -0.15) is 4.99 Å². The van der Waals surface area contributed by atoms with Crippen molar-refractivity contribution in [2.45, 2.75) is 4.90 Å². The molecule has 2 rings (SSSR count). The molecule has 0 saturated carbocycles. The quantitative estimate of drug-likeness (QED) is 0.554. The summed E-state index contributed by atoms with van der Waals surface area (Å²) in [6, 6.07) is 10.6. The molecule has 0 aliphatic carbocycles. The van der Waals surface area contributed by atoms with E-state index in [2.05, 4.69) is 4.99 Å². The summed E-state index contributed by atoms with van der Waals surface area (Å²) in [4.78, 5) is 14.2. The van der Waals surface area contributed by atoms with Gasteiger partial charge in [0.25, 0.3) is 5.91 Å². The van der Waals surface area contributed by atoms with Crippen LogP contribution in [-0.2, 0) is 10.0 Å². The molecule has 9 heteroatoms. The first-order valence-corrected chi connectivity index (χ1v) is 7.81. The van der Waals surface area contributed by atoms with Gasteiger partial charge in [0.05, 0.1) is 5.56 Å². The topological polar surface area (TPSA) is 142 Å². The number of primary sulfonamides is 1. The summed E-state index contributed by atoms with van der Waals surface area (Å²) < 4.78 is 38.2. The van der Waals surface area contributed by atoms with Crippen molar-refractivity contribution in [3.05, 3.63) is 53.8 Å². The Morgan fingerprint density at radius 1 is 1.04 bits per heavy atom. The van der Waals surface area contributed by atoms with Crippen molar-refractivity contribution >= 4 is 21.9 Å². The summed E-state index contributed by atoms with van der Waals surface area (Å²) in [5, 5.41) is 5.10. The molecule has 0 atom stereocenters. The molecule has 0 radical (unpaired) electrons. The van der Waals surface area contributed by atoms with Crippen LogP contribution in [-0.4, -0.2) is 20.3 Å². The van der Waals surface area contributed by atoms with Gasteiger partial charge in [-0.1, -0.05) is 36.4 Å². The molecule has 0 fully saturated rings. The lowest BCUT2D eigenvalue weighted by Gasteiger charge is -2.11. The van der Waals surface area contributed by atoms with Crippen molar-refractivity contribution in [2.24, 2.45) is 21.6 Å². The Morgan fingerprint density at radius 3 is 2.17 bits per heavy atom. The summed E-state index contributed by atoms with van der Waals surface area (Å²) in [7, 11) is -4.43. The highest BCUT2D eigenvalue weighted by Crippen LogP contribution is 2.30. The number of hydrogen-bond acceptors (Lipinski definition) is 3. The predicted octanol–water partition coefficient (Wildman–Crippen LogP) is 0.554. The minimum atomic E-state index is -4.43. The molecule has 0 bridgehead atoms. The van der Waals surface area contributed by atoms with Crippen molar-refractivity contribution in [1.82, 2.24) is 0 Å². The Hall–Kier alpha value is -2.78. The number of nitrogens with two attached hydrogens (primary N) is 3. The van der Waals surface area contributed by atoms with E-state index in [1.165, 1.54) is 6.07 Å². The normalized spacial score (nSPS) is 11.0. The Labute approximate surface area is 131 Å². The number of sulfonamides is 1. The largest absolute Gasteiger partial charge is 0.370 e. The van der Waals surface area contributed by atoms with Crippen LogP contribution in [0.25, 0.3) is 11.1 Å². The zero-order valence-electron chi connectivity index (χ0n) is 11.7. The molecule has 0 aromatic heterocycles. The highest BCUT2D eigenvalue weighted by atomic mass is 32.2. The lowest BCUT2D eigenvalue weighted by molar-refractivity contribution is 0.0998. The molecular formula is C14H13FN4O3S. The molecule has 120 valence electrons. The van der Waals surface area contributed by atoms with E-state index in [4.69, 9.17) is 16.6 Å². The van der Waals surface area contributed by atoms with Gasteiger partial charge in [-0.05, 0) is 11.6 Å². The fraction of sp³-hybridized carbons (Fsp3) is 0. The second-order valence-electron chi connectivity index (χ2n) is 4.56. The Morgan fingerprint density at radius 2 is 1.65 bits per heavy atom. The van der Waals surface area contributed by atoms with Crippen molar-refractivity contribution in [2.75, 3.05) is 0 Å². The summed E-state index contributed by atoms with van der Waals surface area (Å²) >= 11 is 0. The summed E-state index contributed by atoms with van der Waals surface area (Å²) in [5.74, 6) is -2.98. The lowest BCUT2D eigenvalue weighted by Crippen LogP contribution is -2.25. The van der Waals surface area contributed by atoms with E-state index >= 15 is 0 Å². The molecule has 0 heterocycles. The second-order valence-corrected chi connectivity index (χ2v) is 6.05. The van der Waals surface area contributed by atoms with E-state index < -0.39 is 38.2 Å². The zero-order chi connectivity index (χ0) is 17.2. The number of benzene rings is 2. The molecule has 0 aliphatic rings. The number of halogens is 1. The van der Waals surface area contributed by atoms with Crippen molar-refractivity contribution in [1.29, 1.82) is 0 Å². The molecule has 0 aliphatic heterocycles. The average molecular weight is 336 g/mol. The molecule has 2 aromatic carbocycles. The molecule has 23 heavy (non-hydrogen) atoms. The van der Waals surface area contributed by atoms with Gasteiger partial charge in [0, 0.05) is 5.56 Å². The predicted molar refractivity (Wildman–Crippen MR) is 83.3 cm³/mol. The third-order valence-corrected chi connectivity index (χ3v) is 3.90. The van der Waals surface area contributed by atoms with E-state index in [9.17, 15) is 17.6 Å². The van der Waals surface area contributed by atoms with Gasteiger partial charge in [-0.25, -0.2) is 17.9 Å². The number of guanidine groups is 1. The van der Waals surface area contributed by atoms with Crippen LogP contribution in [0.2, 0.25) is 0 Å². The number of amides is 1. The Bertz CT molecular complexity index is 892. The molecule has 0 spiro atoms. The van der Waals surface area contributed by atoms with E-state index in [1.807, 2.05) is 0 Å². The molecule has 2 aromatic rings. The highest BCUT2D eigenvalue weighted by Gasteiger charge is 2.25. The lowest BCUT2D eigenvalue weighted by atomic mass is 10.0. The van der Waals surface area contributed by atoms with Gasteiger partial charge in [0.15, 0.2) is 11.8 Å². The van der Waals surface area contributed by atoms with Crippen molar-refractivity contribution in [3.63, 3.8) is 0 Å². The van der Waals surface area contributed by atoms with Crippen LogP contribution in [0.1, 0.15) is 10.4 Å². The number of hydrogen-bond donors (Lipinski definition) is 3. The van der Waals surface area contributed by atoms with Crippen molar-refractivity contribution < 1.29 is 17.6 Å². The summed E-state index contributed by atoms with van der Waals surface area (Å²) in [5.41, 5.74) is 10.0. The van der Waals surface area contributed by atoms with Gasteiger partial charge >= 0.3 is 0 Å². The monoisotopic (exact) mass is 336 g/mol. The number of carbonyl (C=O) groups is 1. The number of aliphatic imine (C=N–C) groups is 1. The van der Waals surface area contributed by atoms with Gasteiger partial charge < -0.3 is 11.5 Å². The van der Waals surface area contributed by atoms with Crippen LogP contribution in [0, 0.1) is 5.82 Å². The van der Waals surface area contributed by atoms with Gasteiger partial charge in [-0.15, -0.1) is 0 Å². The maximum Gasteiger partial charge on any atom is 0.283 e. The van der Waals surface area contributed by atoms with Crippen LogP contribution in [0.4, 0.5) is 4.39 Å². The zero-order valence-corrected chi connectivity index (χ0v) is 12.5. The van der Waals surface area contributed by atoms with Crippen LogP contribution in [0.5, 0.6) is 0 Å². The van der Waals surface area contributed by atoms with Crippen LogP contribution < -0.4 is 16.6 Å². The van der Waals surface area contributed by atoms with E-state index in [0.717, 1.165) is 6.07 Å². The third-order valence-electron chi connectivity index (χ3n) is 2.93. The number of carbonyl (C=O) groups excluding carboxylic acids is 1. The molecule has 7 nitrogen and oxygen atoms in total. The van der Waals surface area contributed by atoms with Crippen LogP contribution in [0.3, 0.4) is 0 Å². The number of nitrogens with zero attached hydrogens (tertiary/aromatic N) is 1. The SMILES string of the molecule is NC(N)=NC(=O)c1ccc(-c2ccccc2)c(S(N)(=O)=O)c1F. The fourth-order valence-electron chi connectivity index (χ4n) is 2.02. The van der Waals surface area contributed by atoms with Crippen LogP contribution in [0.15, 0.2) is 52.4 Å². The average Bonchev–Trinajstić information content (AvgIpc) is 2.45. The van der Waals surface area contributed by atoms with Crippen LogP contribution >= 0.6 is 0 Å². The second kappa shape index (κ2) is 6.15. The first-order valence-electron chi connectivity index (χ1n) is 6.26. The number of rotatable bonds is 3. The maximum absolute atomic E-state index is 14.6.